The Kier molecular flexibility index (Phi) is 1420. The smallest absolute Gasteiger partial charge is 2.00 e. The van der Waals surface area contributed by atoms with E-state index in [-0.39, 0.29) is 95.1 Å². The number of rotatable bonds is 0. The predicted molar refractivity (Wildman–Crippen MR) is 19.6 cm³/mol. The van der Waals surface area contributed by atoms with Gasteiger partial charge in [0.2, 0.25) is 0 Å². The van der Waals surface area contributed by atoms with Gasteiger partial charge in [0.25, 0.3) is 0 Å². The minimum Gasteiger partial charge on any atom is -2.00 e. The molecule has 0 amide bonds. The third-order valence-electron chi connectivity index (χ3n) is 0. The van der Waals surface area contributed by atoms with Crippen molar-refractivity contribution in [2.45, 2.75) is 0 Å². The maximum Gasteiger partial charge on any atom is 4.00 e. The summed E-state index contributed by atoms with van der Waals surface area (Å²) in [5.41, 5.74) is 0. The van der Waals surface area contributed by atoms with Gasteiger partial charge in [0.1, 0.15) is 0 Å². The van der Waals surface area contributed by atoms with Crippen LogP contribution < -0.4 is 0 Å². The van der Waals surface area contributed by atoms with Gasteiger partial charge >= 0.3 is 51.7 Å². The molecule has 0 saturated carbocycles. The van der Waals surface area contributed by atoms with E-state index >= 15 is 0 Å². The van der Waals surface area contributed by atoms with Gasteiger partial charge in [-0.25, -0.2) is 0 Å². The molecule has 0 aromatic carbocycles. The van der Waals surface area contributed by atoms with Gasteiger partial charge in [0.05, 0.1) is 0 Å². The van der Waals surface area contributed by atoms with Crippen molar-refractivity contribution in [2.24, 2.45) is 0 Å². The van der Waals surface area contributed by atoms with E-state index in [2.05, 4.69) is 0 Å². The van der Waals surface area contributed by atoms with Crippen molar-refractivity contribution in [3.63, 3.8) is 0 Å². The van der Waals surface area contributed by atoms with Crippen LogP contribution in [0.2, 0.25) is 0 Å². The first-order valence-electron chi connectivity index (χ1n) is 0. The maximum atomic E-state index is 0. The van der Waals surface area contributed by atoms with E-state index in [0.29, 0.717) is 0 Å². The Hall–Kier alpha value is 2.32. The SMILES string of the molecule is [Hf+4].[Hf+4].[O-2].[O-2].[O-2].[SH-].[SH-]. The van der Waals surface area contributed by atoms with Crippen LogP contribution in [-0.4, -0.2) is 0 Å². The molecule has 7 heteroatoms. The van der Waals surface area contributed by atoms with E-state index in [4.69, 9.17) is 0 Å². The quantitative estimate of drug-likeness (QED) is 0.261. The fraction of sp³-hybridized carbons (Fsp3) is 0. The first-order chi connectivity index (χ1) is 0. The second kappa shape index (κ2) is 82.8. The minimum absolute atomic E-state index is 0. The van der Waals surface area contributed by atoms with Crippen LogP contribution in [0, 0.1) is 0 Å². The standard InChI is InChI=1S/2Hf.3O.2H2S/h;;;;;2*1H2/q2*+4;3*-2;;/p-2. The molecule has 40 valence electrons. The molecule has 0 fully saturated rings. The van der Waals surface area contributed by atoms with Crippen LogP contribution >= 0.6 is 0 Å². The zero-order chi connectivity index (χ0) is 0. The van der Waals surface area contributed by atoms with Crippen LogP contribution in [0.1, 0.15) is 0 Å². The maximum absolute atomic E-state index is 0. The summed E-state index contributed by atoms with van der Waals surface area (Å²) in [6, 6.07) is 0. The van der Waals surface area contributed by atoms with Crippen LogP contribution in [0.5, 0.6) is 0 Å². The molecule has 0 atom stereocenters. The molecule has 0 N–H and O–H groups in total. The van der Waals surface area contributed by atoms with Crippen molar-refractivity contribution >= 4 is 27.0 Å². The van der Waals surface area contributed by atoms with Crippen molar-refractivity contribution in [3.05, 3.63) is 0 Å². The van der Waals surface area contributed by atoms with E-state index in [1.165, 1.54) is 0 Å². The normalized spacial score (nSPS) is 0. The summed E-state index contributed by atoms with van der Waals surface area (Å²) in [4.78, 5) is 0. The van der Waals surface area contributed by atoms with Gasteiger partial charge in [-0.1, -0.05) is 0 Å². The van der Waals surface area contributed by atoms with Gasteiger partial charge < -0.3 is 43.4 Å². The van der Waals surface area contributed by atoms with E-state index in [1.54, 1.807) is 0 Å². The fourth-order valence-corrected chi connectivity index (χ4v) is 0. The van der Waals surface area contributed by atoms with Gasteiger partial charge in [0.15, 0.2) is 0 Å². The Labute approximate surface area is 94.0 Å². The molecule has 0 aliphatic carbocycles. The van der Waals surface area contributed by atoms with Crippen molar-refractivity contribution in [1.82, 2.24) is 0 Å². The summed E-state index contributed by atoms with van der Waals surface area (Å²) in [6.07, 6.45) is 0. The molecule has 0 radical (unpaired) electrons. The molecule has 0 unspecified atom stereocenters. The molecule has 0 bridgehead atoms. The Bertz CT molecular complexity index is 10.9. The molecule has 0 saturated heterocycles. The Balaban J connectivity index is 0. The van der Waals surface area contributed by atoms with Crippen molar-refractivity contribution in [2.75, 3.05) is 0 Å². The zero-order valence-corrected chi connectivity index (χ0v) is 12.1. The number of thiol groups is 2. The van der Waals surface area contributed by atoms with Crippen molar-refractivity contribution in [1.29, 1.82) is 0 Å². The average Bonchev–Trinajstić information content (AvgIpc) is 0. The first-order valence-corrected chi connectivity index (χ1v) is 0. The minimum atomic E-state index is 0. The topological polar surface area (TPSA) is 85.5 Å². The fourth-order valence-electron chi connectivity index (χ4n) is 0. The Morgan fingerprint density at radius 1 is 0.429 bits per heavy atom. The van der Waals surface area contributed by atoms with Crippen molar-refractivity contribution < 1.29 is 68.1 Å². The van der Waals surface area contributed by atoms with Crippen LogP contribution in [0.25, 0.3) is 0 Å². The van der Waals surface area contributed by atoms with E-state index in [0.717, 1.165) is 0 Å². The van der Waals surface area contributed by atoms with E-state index in [1.807, 2.05) is 0 Å². The molecule has 0 aromatic heterocycles. The number of hydrogen-bond donors (Lipinski definition) is 0. The Morgan fingerprint density at radius 3 is 0.429 bits per heavy atom. The Morgan fingerprint density at radius 2 is 0.429 bits per heavy atom. The monoisotopic (exact) mass is 474 g/mol. The molecule has 3 nitrogen and oxygen atoms in total. The van der Waals surface area contributed by atoms with Gasteiger partial charge in [-0.2, -0.15) is 0 Å². The van der Waals surface area contributed by atoms with E-state index < -0.39 is 0 Å². The van der Waals surface area contributed by atoms with Gasteiger partial charge in [-0.3, -0.25) is 0 Å². The van der Waals surface area contributed by atoms with Crippen LogP contribution in [-0.2, 0) is 95.1 Å². The first kappa shape index (κ1) is 120. The molecule has 0 aromatic rings. The molecule has 7 heavy (non-hydrogen) atoms. The van der Waals surface area contributed by atoms with E-state index in [9.17, 15) is 0 Å². The summed E-state index contributed by atoms with van der Waals surface area (Å²) in [7, 11) is 0. The summed E-state index contributed by atoms with van der Waals surface area (Å²) < 4.78 is 0. The van der Waals surface area contributed by atoms with Crippen LogP contribution in [0.15, 0.2) is 0 Å². The van der Waals surface area contributed by atoms with Crippen molar-refractivity contribution in [3.8, 4) is 0 Å². The third-order valence-corrected chi connectivity index (χ3v) is 0. The molecule has 0 heterocycles. The molecule has 0 spiro atoms. The molecule has 0 rings (SSSR count). The van der Waals surface area contributed by atoms with Crippen LogP contribution in [0.4, 0.5) is 0 Å². The van der Waals surface area contributed by atoms with Gasteiger partial charge in [-0.05, 0) is 0 Å². The number of hydrogen-bond acceptors (Lipinski definition) is 2. The van der Waals surface area contributed by atoms with Gasteiger partial charge in [-0.15, -0.1) is 0 Å². The summed E-state index contributed by atoms with van der Waals surface area (Å²) in [5.74, 6) is 0. The largest absolute Gasteiger partial charge is 4.00 e. The molecular formula is H2Hf2O3S2. The molecule has 0 aliphatic heterocycles. The third kappa shape index (κ3) is 61.7. The second-order valence-electron chi connectivity index (χ2n) is 0. The van der Waals surface area contributed by atoms with Crippen LogP contribution in [0.3, 0.4) is 0 Å². The molecule has 0 aliphatic rings. The summed E-state index contributed by atoms with van der Waals surface area (Å²) in [6.45, 7) is 0. The molecular weight excluding hydrogens is 469 g/mol. The van der Waals surface area contributed by atoms with Gasteiger partial charge in [0, 0.05) is 0 Å². The average molecular weight is 471 g/mol. The summed E-state index contributed by atoms with van der Waals surface area (Å²) >= 11 is 0. The predicted octanol–water partition coefficient (Wildman–Crippen LogP) is -0.902. The summed E-state index contributed by atoms with van der Waals surface area (Å²) in [5, 5.41) is 0. The zero-order valence-electron chi connectivity index (χ0n) is 3.12. The second-order valence-corrected chi connectivity index (χ2v) is 0.